The summed E-state index contributed by atoms with van der Waals surface area (Å²) in [6.07, 6.45) is 0. The maximum absolute atomic E-state index is 12.1. The standard InChI is InChI=1S/C14H19N3OS/c1-9-5-4-6-10(12(15)19)11(9)17-8-7-16-13(18)14(17,2)3/h4-6H,7-8H2,1-3H3,(H2,15,19)(H,16,18). The fourth-order valence-corrected chi connectivity index (χ4v) is 2.67. The van der Waals surface area contributed by atoms with Gasteiger partial charge in [-0.1, -0.05) is 24.4 Å². The minimum Gasteiger partial charge on any atom is -0.389 e. The number of piperazine rings is 1. The van der Waals surface area contributed by atoms with Crippen molar-refractivity contribution in [2.24, 2.45) is 5.73 Å². The van der Waals surface area contributed by atoms with Crippen LogP contribution < -0.4 is 16.0 Å². The van der Waals surface area contributed by atoms with E-state index in [0.29, 0.717) is 11.5 Å². The quantitative estimate of drug-likeness (QED) is 0.801. The van der Waals surface area contributed by atoms with Crippen molar-refractivity contribution < 1.29 is 4.79 Å². The topological polar surface area (TPSA) is 58.4 Å². The molecule has 1 fully saturated rings. The minimum atomic E-state index is -0.607. The molecule has 1 heterocycles. The van der Waals surface area contributed by atoms with Crippen molar-refractivity contribution in [2.75, 3.05) is 18.0 Å². The molecular weight excluding hydrogens is 258 g/mol. The number of thiocarbonyl (C=S) groups is 1. The summed E-state index contributed by atoms with van der Waals surface area (Å²) < 4.78 is 0. The van der Waals surface area contributed by atoms with E-state index in [2.05, 4.69) is 10.2 Å². The van der Waals surface area contributed by atoms with E-state index in [1.54, 1.807) is 0 Å². The fourth-order valence-electron chi connectivity index (χ4n) is 2.51. The Labute approximate surface area is 119 Å². The van der Waals surface area contributed by atoms with Gasteiger partial charge in [0, 0.05) is 18.7 Å². The number of nitrogens with zero attached hydrogens (tertiary/aromatic N) is 1. The Hall–Kier alpha value is -1.62. The summed E-state index contributed by atoms with van der Waals surface area (Å²) in [7, 11) is 0. The number of hydrogen-bond acceptors (Lipinski definition) is 3. The van der Waals surface area contributed by atoms with E-state index in [0.717, 1.165) is 23.4 Å². The molecule has 1 aliphatic rings. The molecule has 1 aromatic carbocycles. The number of nitrogens with one attached hydrogen (secondary N) is 1. The molecule has 0 radical (unpaired) electrons. The van der Waals surface area contributed by atoms with Crippen molar-refractivity contribution in [3.63, 3.8) is 0 Å². The fraction of sp³-hybridized carbons (Fsp3) is 0.429. The van der Waals surface area contributed by atoms with Gasteiger partial charge in [-0.15, -0.1) is 0 Å². The Morgan fingerprint density at radius 1 is 1.47 bits per heavy atom. The smallest absolute Gasteiger partial charge is 0.245 e. The molecule has 0 aliphatic carbocycles. The highest BCUT2D eigenvalue weighted by Crippen LogP contribution is 2.32. The maximum atomic E-state index is 12.1. The van der Waals surface area contributed by atoms with Gasteiger partial charge in [0.25, 0.3) is 0 Å². The average Bonchev–Trinajstić information content (AvgIpc) is 2.33. The molecule has 19 heavy (non-hydrogen) atoms. The zero-order valence-electron chi connectivity index (χ0n) is 11.5. The number of para-hydroxylation sites is 1. The summed E-state index contributed by atoms with van der Waals surface area (Å²) in [4.78, 5) is 14.5. The number of anilines is 1. The van der Waals surface area contributed by atoms with Crippen LogP contribution in [0.25, 0.3) is 0 Å². The number of aryl methyl sites for hydroxylation is 1. The third-order valence-corrected chi connectivity index (χ3v) is 3.84. The Balaban J connectivity index is 2.58. The molecule has 1 aromatic rings. The maximum Gasteiger partial charge on any atom is 0.245 e. The number of benzene rings is 1. The van der Waals surface area contributed by atoms with Crippen LogP contribution in [0.1, 0.15) is 25.0 Å². The van der Waals surface area contributed by atoms with Crippen LogP contribution in [0.2, 0.25) is 0 Å². The van der Waals surface area contributed by atoms with Crippen LogP contribution in [0.4, 0.5) is 5.69 Å². The summed E-state index contributed by atoms with van der Waals surface area (Å²) in [5.74, 6) is 0.0240. The molecule has 4 nitrogen and oxygen atoms in total. The van der Waals surface area contributed by atoms with E-state index < -0.39 is 5.54 Å². The lowest BCUT2D eigenvalue weighted by Gasteiger charge is -2.44. The number of rotatable bonds is 2. The second-order valence-corrected chi connectivity index (χ2v) is 5.74. The van der Waals surface area contributed by atoms with E-state index >= 15 is 0 Å². The Kier molecular flexibility index (Phi) is 3.49. The Bertz CT molecular complexity index is 539. The zero-order chi connectivity index (χ0) is 14.2. The summed E-state index contributed by atoms with van der Waals surface area (Å²) in [5, 5.41) is 2.90. The van der Waals surface area contributed by atoms with Gasteiger partial charge < -0.3 is 16.0 Å². The van der Waals surface area contributed by atoms with Crippen molar-refractivity contribution in [2.45, 2.75) is 26.3 Å². The number of carbonyl (C=O) groups is 1. The average molecular weight is 277 g/mol. The summed E-state index contributed by atoms with van der Waals surface area (Å²) in [6.45, 7) is 7.22. The summed E-state index contributed by atoms with van der Waals surface area (Å²) >= 11 is 5.13. The van der Waals surface area contributed by atoms with Gasteiger partial charge in [0.15, 0.2) is 0 Å². The molecule has 0 bridgehead atoms. The van der Waals surface area contributed by atoms with Crippen LogP contribution in [-0.2, 0) is 4.79 Å². The number of nitrogens with two attached hydrogens (primary N) is 1. The van der Waals surface area contributed by atoms with Gasteiger partial charge in [-0.2, -0.15) is 0 Å². The highest BCUT2D eigenvalue weighted by atomic mass is 32.1. The van der Waals surface area contributed by atoms with Crippen LogP contribution in [0.3, 0.4) is 0 Å². The van der Waals surface area contributed by atoms with Crippen molar-refractivity contribution in [3.05, 3.63) is 29.3 Å². The van der Waals surface area contributed by atoms with E-state index in [4.69, 9.17) is 18.0 Å². The van der Waals surface area contributed by atoms with Gasteiger partial charge in [0.2, 0.25) is 5.91 Å². The van der Waals surface area contributed by atoms with Crippen LogP contribution in [-0.4, -0.2) is 29.5 Å². The molecule has 5 heteroatoms. The number of hydrogen-bond donors (Lipinski definition) is 2. The Morgan fingerprint density at radius 2 is 2.16 bits per heavy atom. The molecule has 1 saturated heterocycles. The second-order valence-electron chi connectivity index (χ2n) is 5.30. The van der Waals surface area contributed by atoms with Crippen molar-refractivity contribution in [3.8, 4) is 0 Å². The molecule has 0 spiro atoms. The predicted molar refractivity (Wildman–Crippen MR) is 81.5 cm³/mol. The minimum absolute atomic E-state index is 0.0240. The van der Waals surface area contributed by atoms with Crippen LogP contribution in [0.5, 0.6) is 0 Å². The summed E-state index contributed by atoms with van der Waals surface area (Å²) in [6, 6.07) is 5.86. The molecule has 102 valence electrons. The molecule has 2 rings (SSSR count). The SMILES string of the molecule is Cc1cccc(C(N)=S)c1N1CCNC(=O)C1(C)C. The number of carbonyl (C=O) groups excluding carboxylic acids is 1. The molecule has 3 N–H and O–H groups in total. The van der Waals surface area contributed by atoms with Crippen molar-refractivity contribution in [1.29, 1.82) is 0 Å². The molecule has 1 aliphatic heterocycles. The predicted octanol–water partition coefficient (Wildman–Crippen LogP) is 1.34. The van der Waals surface area contributed by atoms with E-state index in [1.807, 2.05) is 39.0 Å². The molecule has 0 atom stereocenters. The monoisotopic (exact) mass is 277 g/mol. The van der Waals surface area contributed by atoms with E-state index in [1.165, 1.54) is 0 Å². The molecule has 1 amide bonds. The van der Waals surface area contributed by atoms with Crippen LogP contribution >= 0.6 is 12.2 Å². The van der Waals surface area contributed by atoms with Gasteiger partial charge in [-0.3, -0.25) is 4.79 Å². The van der Waals surface area contributed by atoms with Gasteiger partial charge in [0.05, 0.1) is 5.69 Å². The normalized spacial score (nSPS) is 18.1. The third-order valence-electron chi connectivity index (χ3n) is 3.62. The van der Waals surface area contributed by atoms with Crippen molar-refractivity contribution in [1.82, 2.24) is 5.32 Å². The van der Waals surface area contributed by atoms with Gasteiger partial charge in [0.1, 0.15) is 10.5 Å². The Morgan fingerprint density at radius 3 is 2.79 bits per heavy atom. The molecule has 0 aromatic heterocycles. The first-order chi connectivity index (χ1) is 8.85. The zero-order valence-corrected chi connectivity index (χ0v) is 12.3. The van der Waals surface area contributed by atoms with Gasteiger partial charge in [-0.05, 0) is 32.4 Å². The molecular formula is C14H19N3OS. The third kappa shape index (κ3) is 2.30. The summed E-state index contributed by atoms with van der Waals surface area (Å²) in [5.41, 5.74) is 8.09. The first-order valence-electron chi connectivity index (χ1n) is 6.31. The van der Waals surface area contributed by atoms with Crippen LogP contribution in [0.15, 0.2) is 18.2 Å². The lowest BCUT2D eigenvalue weighted by Crippen LogP contribution is -2.62. The largest absolute Gasteiger partial charge is 0.389 e. The lowest BCUT2D eigenvalue weighted by molar-refractivity contribution is -0.126. The van der Waals surface area contributed by atoms with Gasteiger partial charge >= 0.3 is 0 Å². The lowest BCUT2D eigenvalue weighted by atomic mass is 9.95. The van der Waals surface area contributed by atoms with Crippen LogP contribution in [0, 0.1) is 6.92 Å². The van der Waals surface area contributed by atoms with E-state index in [9.17, 15) is 4.79 Å². The van der Waals surface area contributed by atoms with E-state index in [-0.39, 0.29) is 5.91 Å². The first-order valence-corrected chi connectivity index (χ1v) is 6.72. The molecule has 0 saturated carbocycles. The van der Waals surface area contributed by atoms with Gasteiger partial charge in [-0.25, -0.2) is 0 Å². The van der Waals surface area contributed by atoms with Crippen molar-refractivity contribution >= 4 is 28.8 Å². The highest BCUT2D eigenvalue weighted by Gasteiger charge is 2.39. The highest BCUT2D eigenvalue weighted by molar-refractivity contribution is 7.80. The molecule has 0 unspecified atom stereocenters. The second kappa shape index (κ2) is 4.81. The number of amides is 1. The first kappa shape index (κ1) is 13.8.